The second kappa shape index (κ2) is 34.2. The summed E-state index contributed by atoms with van der Waals surface area (Å²) < 4.78 is 47.9. The summed E-state index contributed by atoms with van der Waals surface area (Å²) in [6.45, 7) is 11.1. The Bertz CT molecular complexity index is 4340. The van der Waals surface area contributed by atoms with Crippen LogP contribution in [0.1, 0.15) is 89.3 Å². The predicted molar refractivity (Wildman–Crippen MR) is 422 cm³/mol. The average Bonchev–Trinajstić information content (AvgIpc) is 0.819. The molecule has 0 radical (unpaired) electrons. The van der Waals surface area contributed by atoms with Gasteiger partial charge in [-0.05, 0) is 284 Å². The maximum Gasteiger partial charge on any atom is 0.343 e. The van der Waals surface area contributed by atoms with E-state index in [0.717, 1.165) is 23.8 Å². The van der Waals surface area contributed by atoms with Crippen LogP contribution in [-0.4, -0.2) is 17.9 Å². The predicted octanol–water partition coefficient (Wildman–Crippen LogP) is 23.4. The van der Waals surface area contributed by atoms with Gasteiger partial charge in [-0.3, -0.25) is 0 Å². The Hall–Kier alpha value is -7.56. The molecular weight excluding hydrogens is 1660 g/mol. The Morgan fingerprint density at radius 1 is 0.313 bits per heavy atom. The summed E-state index contributed by atoms with van der Waals surface area (Å²) in [4.78, 5) is 49.3. The van der Waals surface area contributed by atoms with Crippen molar-refractivity contribution in [1.29, 1.82) is 0 Å². The molecule has 0 bridgehead atoms. The van der Waals surface area contributed by atoms with Crippen molar-refractivity contribution in [2.24, 2.45) is 0 Å². The Labute approximate surface area is 633 Å². The number of hydrogen-bond acceptors (Lipinski definition) is 6. The first-order valence-corrected chi connectivity index (χ1v) is 38.7. The first kappa shape index (κ1) is 74.1. The van der Waals surface area contributed by atoms with Crippen LogP contribution in [0.25, 0.3) is 0 Å². The third kappa shape index (κ3) is 19.3. The highest BCUT2D eigenvalue weighted by Gasteiger charge is 2.36. The molecule has 0 unspecified atom stereocenters. The number of carbonyl (C=O) groups excluding carboxylic acids is 3. The molecule has 99 heavy (non-hydrogen) atoms. The second-order valence-electron chi connectivity index (χ2n) is 23.9. The summed E-state index contributed by atoms with van der Waals surface area (Å²) in [5.41, 5.74) is 0.383. The zero-order valence-corrected chi connectivity index (χ0v) is 64.6. The molecule has 0 fully saturated rings. The summed E-state index contributed by atoms with van der Waals surface area (Å²) in [7, 11) is -0.728. The van der Waals surface area contributed by atoms with Crippen molar-refractivity contribution in [3.05, 3.63) is 370 Å². The highest BCUT2D eigenvalue weighted by molar-refractivity contribution is 14.1. The third-order valence-corrected chi connectivity index (χ3v) is 25.2. The van der Waals surface area contributed by atoms with Crippen molar-refractivity contribution < 1.29 is 37.4 Å². The lowest BCUT2D eigenvalue weighted by atomic mass is 9.98. The van der Waals surface area contributed by atoms with Gasteiger partial charge < -0.3 is 14.2 Å². The van der Waals surface area contributed by atoms with Crippen LogP contribution in [0.4, 0.5) is 8.78 Å². The Kier molecular flexibility index (Phi) is 25.6. The molecule has 12 aromatic carbocycles. The van der Waals surface area contributed by atoms with Gasteiger partial charge in [-0.25, -0.2) is 23.2 Å². The minimum absolute atomic E-state index is 0.0301. The molecule has 0 N–H and O–H groups in total. The van der Waals surface area contributed by atoms with Gasteiger partial charge >= 0.3 is 17.9 Å². The van der Waals surface area contributed by atoms with Gasteiger partial charge in [0.25, 0.3) is 0 Å². The molecule has 0 heterocycles. The number of benzene rings is 12. The van der Waals surface area contributed by atoms with Crippen LogP contribution in [0, 0.1) is 22.3 Å². The van der Waals surface area contributed by atoms with Crippen molar-refractivity contribution >= 4 is 130 Å². The molecule has 0 amide bonds. The number of halogens is 6. The van der Waals surface area contributed by atoms with Crippen LogP contribution in [0.3, 0.4) is 0 Å². The van der Waals surface area contributed by atoms with Crippen LogP contribution in [0.15, 0.2) is 353 Å². The van der Waals surface area contributed by atoms with Crippen molar-refractivity contribution in [2.75, 3.05) is 0 Å². The van der Waals surface area contributed by atoms with E-state index in [4.69, 9.17) is 25.8 Å². The highest BCUT2D eigenvalue weighted by Crippen LogP contribution is 2.38. The van der Waals surface area contributed by atoms with E-state index < -0.39 is 40.4 Å². The van der Waals surface area contributed by atoms with E-state index in [0.29, 0.717) is 14.2 Å². The molecule has 15 heteroatoms. The fourth-order valence-electron chi connectivity index (χ4n) is 10.6. The summed E-state index contributed by atoms with van der Waals surface area (Å²) in [5, 5.41) is 0.512. The molecule has 0 aliphatic rings. The van der Waals surface area contributed by atoms with E-state index in [-0.39, 0.29) is 49.8 Å². The molecule has 0 spiro atoms. The lowest BCUT2D eigenvalue weighted by Crippen LogP contribution is -2.26. The number of hydrogen-bond donors (Lipinski definition) is 0. The van der Waals surface area contributed by atoms with Crippen LogP contribution in [0.2, 0.25) is 5.02 Å². The van der Waals surface area contributed by atoms with Gasteiger partial charge in [0.15, 0.2) is 44.1 Å². The first-order chi connectivity index (χ1) is 47.6. The smallest absolute Gasteiger partial charge is 0.343 e. The molecular formula is C84H69ClF2I3O6S3+3. The zero-order chi connectivity index (χ0) is 70.3. The summed E-state index contributed by atoms with van der Waals surface area (Å²) in [6, 6.07) is 102. The van der Waals surface area contributed by atoms with E-state index in [1.165, 1.54) is 62.3 Å². The Balaban J connectivity index is 0.000000161. The van der Waals surface area contributed by atoms with Crippen molar-refractivity contribution in [3.8, 4) is 0 Å². The molecule has 0 aromatic heterocycles. The monoisotopic (exact) mass is 1720 g/mol. The van der Waals surface area contributed by atoms with Gasteiger partial charge in [-0.1, -0.05) is 163 Å². The van der Waals surface area contributed by atoms with E-state index >= 15 is 0 Å². The highest BCUT2D eigenvalue weighted by atomic mass is 127. The Morgan fingerprint density at radius 2 is 0.616 bits per heavy atom. The van der Waals surface area contributed by atoms with Crippen LogP contribution < -0.4 is 0 Å². The van der Waals surface area contributed by atoms with E-state index in [1.807, 2.05) is 153 Å². The van der Waals surface area contributed by atoms with Crippen LogP contribution >= 0.6 is 79.4 Å². The van der Waals surface area contributed by atoms with E-state index in [9.17, 15) is 23.2 Å². The minimum Gasteiger partial charge on any atom is -0.451 e. The molecule has 12 aromatic rings. The van der Waals surface area contributed by atoms with Crippen molar-refractivity contribution in [3.63, 3.8) is 0 Å². The molecule has 0 aliphatic heterocycles. The normalized spacial score (nSPS) is 11.4. The van der Waals surface area contributed by atoms with Gasteiger partial charge in [-0.15, -0.1) is 0 Å². The molecule has 0 atom stereocenters. The topological polar surface area (TPSA) is 78.9 Å². The van der Waals surface area contributed by atoms with Gasteiger partial charge in [0.2, 0.25) is 0 Å². The SMILES string of the molecule is CC(C)(OC(=O)c1c(F)cccc1I)c1ccc([S+](c2ccccc2)c2ccccc2)cc1.CC(C)(OC(=O)c1cc(Cl)ccc1I)c1ccc([S+](c2ccccc2)c2ccccc2)cc1.CC(C)(OC(=O)c1cc(I)ccc1F)c1ccc([S+](c2ccccc2)c2ccccc2)cc1. The van der Waals surface area contributed by atoms with Crippen molar-refractivity contribution in [2.45, 2.75) is 102 Å². The standard InChI is InChI=1S/C28H23ClIO2S.2C28H23FIO2S/c1-28(2,32-27(31)25-19-21(29)15-18-26(25)30)20-13-16-24(17-14-20)33(22-9-5-3-6-10-22)23-11-7-4-8-12-23;1-28(2,32-27(31)26-24(29)14-9-15-25(26)30)20-16-18-23(19-17-20)33(21-10-5-3-6-11-21)22-12-7-4-8-13-22;1-28(2,32-27(31)25-19-21(30)15-18-26(25)29)20-13-16-24(17-14-20)33(22-9-5-3-6-10-22)23-11-7-4-8-12-23/h3*3-19H,1-2H3/q3*+1. The maximum absolute atomic E-state index is 14.2. The number of carbonyl (C=O) groups is 3. The largest absolute Gasteiger partial charge is 0.451 e. The van der Waals surface area contributed by atoms with Gasteiger partial charge in [0.1, 0.15) is 34.0 Å². The lowest BCUT2D eigenvalue weighted by molar-refractivity contribution is -0.00479. The minimum atomic E-state index is -0.918. The second-order valence-corrected chi connectivity index (χ2v) is 34.0. The lowest BCUT2D eigenvalue weighted by Gasteiger charge is -2.26. The van der Waals surface area contributed by atoms with Gasteiger partial charge in [0.05, 0.1) is 43.8 Å². The zero-order valence-electron chi connectivity index (χ0n) is 54.9. The summed E-state index contributed by atoms with van der Waals surface area (Å²) in [5.74, 6) is -2.88. The molecule has 0 saturated heterocycles. The fourth-order valence-corrected chi connectivity index (χ4v) is 18.7. The average molecular weight is 1720 g/mol. The first-order valence-electron chi connectivity index (χ1n) is 31.5. The fraction of sp³-hybridized carbons (Fsp3) is 0.107. The van der Waals surface area contributed by atoms with E-state index in [2.05, 4.69) is 217 Å². The summed E-state index contributed by atoms with van der Waals surface area (Å²) >= 11 is 12.2. The van der Waals surface area contributed by atoms with Crippen LogP contribution in [0.5, 0.6) is 0 Å². The number of ether oxygens (including phenoxy) is 3. The molecule has 0 saturated carbocycles. The third-order valence-electron chi connectivity index (χ3n) is 15.7. The molecule has 12 rings (SSSR count). The van der Waals surface area contributed by atoms with Crippen LogP contribution in [-0.2, 0) is 63.7 Å². The van der Waals surface area contributed by atoms with E-state index in [1.54, 1.807) is 30.3 Å². The Morgan fingerprint density at radius 3 is 0.939 bits per heavy atom. The molecule has 498 valence electrons. The maximum atomic E-state index is 14.2. The number of rotatable bonds is 18. The van der Waals surface area contributed by atoms with Gasteiger partial charge in [0, 0.05) is 15.7 Å². The molecule has 0 aliphatic carbocycles. The summed E-state index contributed by atoms with van der Waals surface area (Å²) in [6.07, 6.45) is 0. The van der Waals surface area contributed by atoms with Crippen molar-refractivity contribution in [1.82, 2.24) is 0 Å². The molecule has 6 nitrogen and oxygen atoms in total. The number of esters is 3. The quantitative estimate of drug-likeness (QED) is 0.0369. The van der Waals surface area contributed by atoms with Gasteiger partial charge in [-0.2, -0.15) is 0 Å².